The number of carbonyl (C=O) groups excluding carboxylic acids is 2. The monoisotopic (exact) mass is 551 g/mol. The highest BCUT2D eigenvalue weighted by molar-refractivity contribution is 7.92. The molecule has 0 fully saturated rings. The lowest BCUT2D eigenvalue weighted by Gasteiger charge is -2.32. The highest BCUT2D eigenvalue weighted by Gasteiger charge is 2.32. The van der Waals surface area contributed by atoms with Crippen molar-refractivity contribution in [2.45, 2.75) is 57.6 Å². The number of hydrogen-bond donors (Lipinski definition) is 1. The molecule has 9 heteroatoms. The van der Waals surface area contributed by atoms with Crippen LogP contribution in [-0.2, 0) is 26.2 Å². The molecular formula is C30H37N3O5S. The quantitative estimate of drug-likeness (QED) is 0.357. The minimum atomic E-state index is -4.11. The normalized spacial score (nSPS) is 12.7. The molecule has 0 aliphatic heterocycles. The summed E-state index contributed by atoms with van der Waals surface area (Å²) in [6.45, 7) is 7.14. The van der Waals surface area contributed by atoms with Crippen molar-refractivity contribution in [3.05, 3.63) is 90.0 Å². The molecule has 0 unspecified atom stereocenters. The average molecular weight is 552 g/mol. The van der Waals surface area contributed by atoms with Gasteiger partial charge in [0.1, 0.15) is 18.3 Å². The number of hydrogen-bond acceptors (Lipinski definition) is 5. The first-order valence-electron chi connectivity index (χ1n) is 12.9. The van der Waals surface area contributed by atoms with Gasteiger partial charge in [-0.15, -0.1) is 0 Å². The van der Waals surface area contributed by atoms with E-state index in [9.17, 15) is 18.0 Å². The van der Waals surface area contributed by atoms with Crippen molar-refractivity contribution >= 4 is 27.5 Å². The predicted molar refractivity (Wildman–Crippen MR) is 153 cm³/mol. The molecule has 0 saturated heterocycles. The summed E-state index contributed by atoms with van der Waals surface area (Å²) in [7, 11) is -2.59. The van der Waals surface area contributed by atoms with Crippen LogP contribution in [0.5, 0.6) is 5.75 Å². The maximum absolute atomic E-state index is 13.9. The number of sulfonamides is 1. The van der Waals surface area contributed by atoms with E-state index in [0.717, 1.165) is 21.9 Å². The van der Waals surface area contributed by atoms with Gasteiger partial charge in [0.15, 0.2) is 0 Å². The van der Waals surface area contributed by atoms with Crippen LogP contribution in [-0.4, -0.2) is 50.9 Å². The summed E-state index contributed by atoms with van der Waals surface area (Å²) in [5, 5.41) is 2.94. The average Bonchev–Trinajstić information content (AvgIpc) is 2.94. The third-order valence-corrected chi connectivity index (χ3v) is 8.36. The molecule has 2 atom stereocenters. The predicted octanol–water partition coefficient (Wildman–Crippen LogP) is 4.53. The van der Waals surface area contributed by atoms with Crippen LogP contribution in [0.15, 0.2) is 83.8 Å². The van der Waals surface area contributed by atoms with Crippen LogP contribution < -0.4 is 14.4 Å². The molecule has 0 aliphatic rings. The number of amides is 2. The largest absolute Gasteiger partial charge is 0.497 e. The van der Waals surface area contributed by atoms with Gasteiger partial charge in [-0.3, -0.25) is 13.9 Å². The van der Waals surface area contributed by atoms with E-state index in [1.165, 1.54) is 24.1 Å². The third-order valence-electron chi connectivity index (χ3n) is 6.57. The van der Waals surface area contributed by atoms with Crippen LogP contribution in [0.3, 0.4) is 0 Å². The lowest BCUT2D eigenvalue weighted by atomic mass is 10.1. The Labute approximate surface area is 231 Å². The summed E-state index contributed by atoms with van der Waals surface area (Å²) in [6, 6.07) is 21.2. The summed E-state index contributed by atoms with van der Waals surface area (Å²) < 4.78 is 33.9. The molecule has 0 aliphatic carbocycles. The number of anilines is 1. The number of carbonyl (C=O) groups is 2. The number of nitrogens with zero attached hydrogens (tertiary/aromatic N) is 2. The molecule has 1 N–H and O–H groups in total. The molecule has 0 spiro atoms. The lowest BCUT2D eigenvalue weighted by Crippen LogP contribution is -2.52. The van der Waals surface area contributed by atoms with E-state index in [-0.39, 0.29) is 23.4 Å². The molecule has 0 aromatic heterocycles. The van der Waals surface area contributed by atoms with Gasteiger partial charge in [0.2, 0.25) is 11.8 Å². The molecule has 3 aromatic rings. The van der Waals surface area contributed by atoms with Gasteiger partial charge in [-0.1, -0.05) is 55.0 Å². The summed E-state index contributed by atoms with van der Waals surface area (Å²) in [5.41, 5.74) is 2.16. The van der Waals surface area contributed by atoms with Gasteiger partial charge in [0, 0.05) is 12.6 Å². The third kappa shape index (κ3) is 7.60. The van der Waals surface area contributed by atoms with Gasteiger partial charge in [0.05, 0.1) is 17.7 Å². The number of aryl methyl sites for hydroxylation is 1. The number of rotatable bonds is 12. The lowest BCUT2D eigenvalue weighted by molar-refractivity contribution is -0.139. The van der Waals surface area contributed by atoms with E-state index in [1.807, 2.05) is 45.0 Å². The standard InChI is InChI=1S/C30H37N3O5S/c1-6-23(3)31-30(35)24(4)32(20-25-12-10-11-22(2)19-25)29(34)21-33(26-15-17-27(38-5)18-16-26)39(36,37)28-13-8-7-9-14-28/h7-19,23-24H,6,20-21H2,1-5H3,(H,31,35)/t23-,24-/m1/s1. The Hall–Kier alpha value is -3.85. The zero-order valence-electron chi connectivity index (χ0n) is 23.1. The van der Waals surface area contributed by atoms with Crippen molar-refractivity contribution < 1.29 is 22.7 Å². The summed E-state index contributed by atoms with van der Waals surface area (Å²) in [5.74, 6) is -0.246. The van der Waals surface area contributed by atoms with Gasteiger partial charge < -0.3 is 15.0 Å². The number of ether oxygens (including phenoxy) is 1. The highest BCUT2D eigenvalue weighted by atomic mass is 32.2. The van der Waals surface area contributed by atoms with Crippen LogP contribution in [0.4, 0.5) is 5.69 Å². The minimum Gasteiger partial charge on any atom is -0.497 e. The Morgan fingerprint density at radius 2 is 1.62 bits per heavy atom. The van der Waals surface area contributed by atoms with Crippen molar-refractivity contribution in [2.24, 2.45) is 0 Å². The van der Waals surface area contributed by atoms with E-state index in [4.69, 9.17) is 4.74 Å². The van der Waals surface area contributed by atoms with Crippen molar-refractivity contribution in [3.63, 3.8) is 0 Å². The Morgan fingerprint density at radius 3 is 2.21 bits per heavy atom. The molecule has 39 heavy (non-hydrogen) atoms. The second-order valence-electron chi connectivity index (χ2n) is 9.53. The fourth-order valence-electron chi connectivity index (χ4n) is 4.05. The van der Waals surface area contributed by atoms with Gasteiger partial charge in [-0.25, -0.2) is 8.42 Å². The van der Waals surface area contributed by atoms with Crippen molar-refractivity contribution in [3.8, 4) is 5.75 Å². The zero-order valence-corrected chi connectivity index (χ0v) is 23.9. The minimum absolute atomic E-state index is 0.0569. The van der Waals surface area contributed by atoms with Crippen molar-refractivity contribution in [2.75, 3.05) is 18.0 Å². The van der Waals surface area contributed by atoms with E-state index < -0.39 is 28.5 Å². The molecule has 0 saturated carbocycles. The van der Waals surface area contributed by atoms with E-state index >= 15 is 0 Å². The molecular weight excluding hydrogens is 514 g/mol. The molecule has 0 bridgehead atoms. The number of methoxy groups -OCH3 is 1. The topological polar surface area (TPSA) is 96.0 Å². The van der Waals surface area contributed by atoms with Gasteiger partial charge >= 0.3 is 0 Å². The first-order valence-corrected chi connectivity index (χ1v) is 14.4. The summed E-state index contributed by atoms with van der Waals surface area (Å²) >= 11 is 0. The molecule has 3 aromatic carbocycles. The highest BCUT2D eigenvalue weighted by Crippen LogP contribution is 2.26. The van der Waals surface area contributed by atoms with Crippen LogP contribution in [0.1, 0.15) is 38.3 Å². The van der Waals surface area contributed by atoms with Crippen LogP contribution >= 0.6 is 0 Å². The van der Waals surface area contributed by atoms with Crippen molar-refractivity contribution in [1.29, 1.82) is 0 Å². The van der Waals surface area contributed by atoms with E-state index in [1.54, 1.807) is 49.4 Å². The zero-order chi connectivity index (χ0) is 28.6. The summed E-state index contributed by atoms with van der Waals surface area (Å²) in [4.78, 5) is 28.5. The second-order valence-corrected chi connectivity index (χ2v) is 11.4. The first kappa shape index (κ1) is 29.7. The SMILES string of the molecule is CC[C@@H](C)NC(=O)[C@@H](C)N(Cc1cccc(C)c1)C(=O)CN(c1ccc(OC)cc1)S(=O)(=O)c1ccccc1. The van der Waals surface area contributed by atoms with E-state index in [2.05, 4.69) is 5.32 Å². The fourth-order valence-corrected chi connectivity index (χ4v) is 5.49. The van der Waals surface area contributed by atoms with Crippen LogP contribution in [0.25, 0.3) is 0 Å². The van der Waals surface area contributed by atoms with E-state index in [0.29, 0.717) is 11.4 Å². The first-order chi connectivity index (χ1) is 18.6. The van der Waals surface area contributed by atoms with Gasteiger partial charge in [-0.2, -0.15) is 0 Å². The van der Waals surface area contributed by atoms with Gasteiger partial charge in [-0.05, 0) is 69.2 Å². The maximum Gasteiger partial charge on any atom is 0.264 e. The fraction of sp³-hybridized carbons (Fsp3) is 0.333. The Balaban J connectivity index is 2.02. The molecule has 208 valence electrons. The Kier molecular flexibility index (Phi) is 10.1. The molecule has 0 radical (unpaired) electrons. The molecule has 3 rings (SSSR count). The van der Waals surface area contributed by atoms with Gasteiger partial charge in [0.25, 0.3) is 10.0 Å². The van der Waals surface area contributed by atoms with Crippen LogP contribution in [0.2, 0.25) is 0 Å². The smallest absolute Gasteiger partial charge is 0.264 e. The van der Waals surface area contributed by atoms with Crippen molar-refractivity contribution in [1.82, 2.24) is 10.2 Å². The Bertz CT molecular complexity index is 1360. The second kappa shape index (κ2) is 13.3. The number of nitrogens with one attached hydrogen (secondary N) is 1. The molecule has 8 nitrogen and oxygen atoms in total. The molecule has 0 heterocycles. The summed E-state index contributed by atoms with van der Waals surface area (Å²) in [6.07, 6.45) is 0.741. The van der Waals surface area contributed by atoms with Crippen LogP contribution in [0, 0.1) is 6.92 Å². The Morgan fingerprint density at radius 1 is 0.949 bits per heavy atom. The molecule has 2 amide bonds. The maximum atomic E-state index is 13.9. The number of benzene rings is 3.